The van der Waals surface area contributed by atoms with E-state index in [1.165, 1.54) is 0 Å². The average Bonchev–Trinajstić information content (AvgIpc) is 3.09. The second-order valence-electron chi connectivity index (χ2n) is 5.73. The number of fused-ring (bicyclic) bond motifs is 1. The van der Waals surface area contributed by atoms with Gasteiger partial charge in [0.05, 0.1) is 7.11 Å². The van der Waals surface area contributed by atoms with Crippen LogP contribution in [0, 0.1) is 6.92 Å². The molecule has 7 heteroatoms. The van der Waals surface area contributed by atoms with Crippen LogP contribution in [0.2, 0.25) is 0 Å². The van der Waals surface area contributed by atoms with Gasteiger partial charge in [-0.3, -0.25) is 0 Å². The van der Waals surface area contributed by atoms with Gasteiger partial charge in [0.1, 0.15) is 23.2 Å². The molecule has 1 aromatic heterocycles. The second kappa shape index (κ2) is 6.79. The summed E-state index contributed by atoms with van der Waals surface area (Å²) in [6.07, 6.45) is 0. The minimum absolute atomic E-state index is 0.251. The lowest BCUT2D eigenvalue weighted by Crippen LogP contribution is -2.01. The summed E-state index contributed by atoms with van der Waals surface area (Å²) >= 11 is 0. The van der Waals surface area contributed by atoms with Crippen molar-refractivity contribution >= 4 is 23.0 Å². The molecule has 132 valence electrons. The summed E-state index contributed by atoms with van der Waals surface area (Å²) in [7, 11) is 1.64. The van der Waals surface area contributed by atoms with E-state index in [0.29, 0.717) is 17.5 Å². The van der Waals surface area contributed by atoms with Crippen molar-refractivity contribution < 1.29 is 14.2 Å². The quantitative estimate of drug-likeness (QED) is 0.720. The minimum atomic E-state index is 0.251. The van der Waals surface area contributed by atoms with Crippen molar-refractivity contribution in [3.63, 3.8) is 0 Å². The maximum Gasteiger partial charge on any atom is 0.231 e. The molecular weight excluding hydrogens is 332 g/mol. The zero-order chi connectivity index (χ0) is 17.9. The van der Waals surface area contributed by atoms with Crippen molar-refractivity contribution in [1.29, 1.82) is 0 Å². The number of methoxy groups -OCH3 is 1. The van der Waals surface area contributed by atoms with Crippen LogP contribution in [0.25, 0.3) is 0 Å². The number of anilines is 4. The molecule has 26 heavy (non-hydrogen) atoms. The minimum Gasteiger partial charge on any atom is -0.497 e. The summed E-state index contributed by atoms with van der Waals surface area (Å²) in [6, 6.07) is 15.2. The molecule has 0 fully saturated rings. The van der Waals surface area contributed by atoms with Crippen molar-refractivity contribution in [1.82, 2.24) is 9.97 Å². The first kappa shape index (κ1) is 16.0. The lowest BCUT2D eigenvalue weighted by molar-refractivity contribution is 0.174. The number of ether oxygens (including phenoxy) is 3. The summed E-state index contributed by atoms with van der Waals surface area (Å²) in [4.78, 5) is 8.87. The number of nitrogens with one attached hydrogen (secondary N) is 2. The van der Waals surface area contributed by atoms with Gasteiger partial charge in [-0.05, 0) is 43.3 Å². The van der Waals surface area contributed by atoms with Crippen LogP contribution in [0.4, 0.5) is 23.0 Å². The molecule has 4 rings (SSSR count). The van der Waals surface area contributed by atoms with E-state index in [9.17, 15) is 0 Å². The first-order valence-electron chi connectivity index (χ1n) is 8.13. The SMILES string of the molecule is COc1ccc(Nc2cc(Nc3ccc4c(c3)OCO4)nc(C)n2)cc1. The van der Waals surface area contributed by atoms with Crippen molar-refractivity contribution in [2.24, 2.45) is 0 Å². The maximum atomic E-state index is 5.40. The topological polar surface area (TPSA) is 77.5 Å². The van der Waals surface area contributed by atoms with Crippen LogP contribution in [-0.2, 0) is 0 Å². The number of hydrogen-bond donors (Lipinski definition) is 2. The van der Waals surface area contributed by atoms with Crippen LogP contribution in [0.15, 0.2) is 48.5 Å². The third-order valence-electron chi connectivity index (χ3n) is 3.85. The molecule has 0 atom stereocenters. The number of hydrogen-bond acceptors (Lipinski definition) is 7. The van der Waals surface area contributed by atoms with Crippen LogP contribution in [0.3, 0.4) is 0 Å². The third-order valence-corrected chi connectivity index (χ3v) is 3.85. The van der Waals surface area contributed by atoms with Gasteiger partial charge in [-0.15, -0.1) is 0 Å². The van der Waals surface area contributed by atoms with E-state index in [0.717, 1.165) is 28.6 Å². The lowest BCUT2D eigenvalue weighted by Gasteiger charge is -2.11. The van der Waals surface area contributed by atoms with Crippen LogP contribution < -0.4 is 24.8 Å². The van der Waals surface area contributed by atoms with Crippen LogP contribution in [0.5, 0.6) is 17.2 Å². The Labute approximate surface area is 151 Å². The molecule has 0 bridgehead atoms. The van der Waals surface area contributed by atoms with Crippen molar-refractivity contribution in [3.05, 3.63) is 54.4 Å². The molecule has 0 radical (unpaired) electrons. The molecule has 1 aliphatic heterocycles. The second-order valence-corrected chi connectivity index (χ2v) is 5.73. The molecule has 3 aromatic rings. The molecule has 2 N–H and O–H groups in total. The molecule has 0 unspecified atom stereocenters. The third kappa shape index (κ3) is 3.46. The number of benzene rings is 2. The Morgan fingerprint density at radius 1 is 0.846 bits per heavy atom. The van der Waals surface area contributed by atoms with Gasteiger partial charge in [-0.2, -0.15) is 0 Å². The smallest absolute Gasteiger partial charge is 0.231 e. The fourth-order valence-electron chi connectivity index (χ4n) is 2.64. The molecule has 7 nitrogen and oxygen atoms in total. The van der Waals surface area contributed by atoms with Crippen molar-refractivity contribution in [2.75, 3.05) is 24.5 Å². The number of aryl methyl sites for hydroxylation is 1. The normalized spacial score (nSPS) is 11.9. The fraction of sp³-hybridized carbons (Fsp3) is 0.158. The largest absolute Gasteiger partial charge is 0.497 e. The van der Waals surface area contributed by atoms with E-state index in [1.807, 2.05) is 55.5 Å². The summed E-state index contributed by atoms with van der Waals surface area (Å²) in [5.41, 5.74) is 1.78. The number of aromatic nitrogens is 2. The van der Waals surface area contributed by atoms with Gasteiger partial charge in [0.25, 0.3) is 0 Å². The average molecular weight is 350 g/mol. The highest BCUT2D eigenvalue weighted by molar-refractivity contribution is 5.65. The van der Waals surface area contributed by atoms with Crippen LogP contribution in [-0.4, -0.2) is 23.9 Å². The van der Waals surface area contributed by atoms with Gasteiger partial charge in [0.2, 0.25) is 6.79 Å². The Bertz CT molecular complexity index is 929. The van der Waals surface area contributed by atoms with Gasteiger partial charge in [0, 0.05) is 23.5 Å². The summed E-state index contributed by atoms with van der Waals surface area (Å²) < 4.78 is 15.9. The Balaban J connectivity index is 1.53. The maximum absolute atomic E-state index is 5.40. The highest BCUT2D eigenvalue weighted by atomic mass is 16.7. The fourth-order valence-corrected chi connectivity index (χ4v) is 2.64. The van der Waals surface area contributed by atoms with Crippen molar-refractivity contribution in [3.8, 4) is 17.2 Å². The first-order chi connectivity index (χ1) is 12.7. The van der Waals surface area contributed by atoms with E-state index in [2.05, 4.69) is 20.6 Å². The van der Waals surface area contributed by atoms with E-state index < -0.39 is 0 Å². The standard InChI is InChI=1S/C19H18N4O3/c1-12-20-18(22-13-3-6-15(24-2)7-4-13)10-19(21-12)23-14-5-8-16-17(9-14)26-11-25-16/h3-10H,11H2,1-2H3,(H2,20,21,22,23). The molecular formula is C19H18N4O3. The van der Waals surface area contributed by atoms with E-state index >= 15 is 0 Å². The molecule has 1 aliphatic rings. The van der Waals surface area contributed by atoms with Crippen molar-refractivity contribution in [2.45, 2.75) is 6.92 Å². The number of rotatable bonds is 5. The predicted octanol–water partition coefficient (Wildman–Crippen LogP) is 4.01. The Kier molecular flexibility index (Phi) is 4.18. The molecule has 0 spiro atoms. The van der Waals surface area contributed by atoms with Gasteiger partial charge < -0.3 is 24.8 Å². The Morgan fingerprint density at radius 2 is 1.50 bits per heavy atom. The summed E-state index contributed by atoms with van der Waals surface area (Å²) in [6.45, 7) is 2.10. The molecule has 0 amide bonds. The zero-order valence-corrected chi connectivity index (χ0v) is 14.4. The molecule has 2 heterocycles. The van der Waals surface area contributed by atoms with E-state index in [-0.39, 0.29) is 6.79 Å². The zero-order valence-electron chi connectivity index (χ0n) is 14.4. The Hall–Kier alpha value is -3.48. The Morgan fingerprint density at radius 3 is 2.23 bits per heavy atom. The number of nitrogens with zero attached hydrogens (tertiary/aromatic N) is 2. The molecule has 0 saturated heterocycles. The van der Waals surface area contributed by atoms with E-state index in [4.69, 9.17) is 14.2 Å². The van der Waals surface area contributed by atoms with Gasteiger partial charge in [-0.25, -0.2) is 9.97 Å². The summed E-state index contributed by atoms with van der Waals surface area (Å²) in [5, 5.41) is 6.54. The van der Waals surface area contributed by atoms with Crippen LogP contribution >= 0.6 is 0 Å². The monoisotopic (exact) mass is 350 g/mol. The molecule has 0 saturated carbocycles. The first-order valence-corrected chi connectivity index (χ1v) is 8.13. The lowest BCUT2D eigenvalue weighted by atomic mass is 10.2. The highest BCUT2D eigenvalue weighted by Crippen LogP contribution is 2.35. The molecule has 2 aromatic carbocycles. The van der Waals surface area contributed by atoms with E-state index in [1.54, 1.807) is 7.11 Å². The van der Waals surface area contributed by atoms with Gasteiger partial charge in [0.15, 0.2) is 11.5 Å². The summed E-state index contributed by atoms with van der Waals surface area (Å²) in [5.74, 6) is 4.32. The molecule has 0 aliphatic carbocycles. The predicted molar refractivity (Wildman–Crippen MR) is 98.9 cm³/mol. The highest BCUT2D eigenvalue weighted by Gasteiger charge is 2.13. The van der Waals surface area contributed by atoms with Gasteiger partial charge >= 0.3 is 0 Å². The van der Waals surface area contributed by atoms with Crippen LogP contribution in [0.1, 0.15) is 5.82 Å². The van der Waals surface area contributed by atoms with Gasteiger partial charge in [-0.1, -0.05) is 0 Å².